The fraction of sp³-hybridized carbons (Fsp3) is 0.875. The molecule has 0 aliphatic heterocycles. The molecule has 1 aliphatic carbocycles. The summed E-state index contributed by atoms with van der Waals surface area (Å²) >= 11 is 0. The molecule has 0 bridgehead atoms. The highest BCUT2D eigenvalue weighted by Crippen LogP contribution is 2.27. The Labute approximate surface area is 122 Å². The van der Waals surface area contributed by atoms with E-state index in [1.807, 2.05) is 6.92 Å². The lowest BCUT2D eigenvalue weighted by Gasteiger charge is -2.23. The van der Waals surface area contributed by atoms with Crippen LogP contribution in [0.15, 0.2) is 0 Å². The summed E-state index contributed by atoms with van der Waals surface area (Å²) < 4.78 is 4.64. The number of carbonyl (C=O) groups excluding carboxylic acids is 2. The highest BCUT2D eigenvalue weighted by molar-refractivity contribution is 5.81. The molecule has 1 rings (SSSR count). The van der Waals surface area contributed by atoms with Crippen LogP contribution >= 0.6 is 0 Å². The second-order valence-corrected chi connectivity index (χ2v) is 5.79. The maximum Gasteiger partial charge on any atom is 0.325 e. The number of ether oxygens (including phenoxy) is 1. The average Bonchev–Trinajstić information content (AvgIpc) is 2.47. The Morgan fingerprint density at radius 3 is 2.50 bits per heavy atom. The van der Waals surface area contributed by atoms with Gasteiger partial charge in [-0.1, -0.05) is 39.0 Å². The van der Waals surface area contributed by atoms with Gasteiger partial charge in [-0.15, -0.1) is 0 Å². The molecule has 1 fully saturated rings. The van der Waals surface area contributed by atoms with Crippen LogP contribution in [0.3, 0.4) is 0 Å². The van der Waals surface area contributed by atoms with Crippen molar-refractivity contribution in [3.05, 3.63) is 0 Å². The molecule has 0 saturated heterocycles. The molecule has 0 spiro atoms. The average molecular weight is 283 g/mol. The van der Waals surface area contributed by atoms with E-state index in [9.17, 15) is 9.59 Å². The van der Waals surface area contributed by atoms with Crippen LogP contribution in [0.5, 0.6) is 0 Å². The minimum Gasteiger partial charge on any atom is -0.468 e. The van der Waals surface area contributed by atoms with E-state index in [4.69, 9.17) is 0 Å². The van der Waals surface area contributed by atoms with Crippen LogP contribution in [-0.4, -0.2) is 37.0 Å². The third kappa shape index (κ3) is 6.40. The summed E-state index contributed by atoms with van der Waals surface area (Å²) in [5.41, 5.74) is 0. The first kappa shape index (κ1) is 17.0. The molecule has 0 heterocycles. The number of hydrogen-bond acceptors (Lipinski definition) is 3. The summed E-state index contributed by atoms with van der Waals surface area (Å²) in [5, 5.41) is 0. The Morgan fingerprint density at radius 2 is 1.90 bits per heavy atom. The molecule has 4 heteroatoms. The van der Waals surface area contributed by atoms with Gasteiger partial charge in [0.1, 0.15) is 6.54 Å². The van der Waals surface area contributed by atoms with Crippen LogP contribution < -0.4 is 0 Å². The quantitative estimate of drug-likeness (QED) is 0.643. The monoisotopic (exact) mass is 283 g/mol. The zero-order valence-corrected chi connectivity index (χ0v) is 13.0. The third-order valence-electron chi connectivity index (χ3n) is 4.12. The van der Waals surface area contributed by atoms with Crippen LogP contribution in [-0.2, 0) is 14.3 Å². The van der Waals surface area contributed by atoms with Gasteiger partial charge in [0.25, 0.3) is 0 Å². The summed E-state index contributed by atoms with van der Waals surface area (Å²) in [6, 6.07) is 0. The molecule has 0 atom stereocenters. The molecule has 0 radical (unpaired) electrons. The molecule has 116 valence electrons. The Balaban J connectivity index is 2.27. The van der Waals surface area contributed by atoms with Gasteiger partial charge in [-0.05, 0) is 25.2 Å². The highest BCUT2D eigenvalue weighted by atomic mass is 16.5. The Hall–Kier alpha value is -1.06. The van der Waals surface area contributed by atoms with E-state index in [2.05, 4.69) is 4.74 Å². The van der Waals surface area contributed by atoms with Gasteiger partial charge in [-0.3, -0.25) is 9.59 Å². The van der Waals surface area contributed by atoms with Gasteiger partial charge in [-0.25, -0.2) is 0 Å². The van der Waals surface area contributed by atoms with Crippen LogP contribution in [0.2, 0.25) is 0 Å². The molecule has 0 N–H and O–H groups in total. The summed E-state index contributed by atoms with van der Waals surface area (Å²) in [6.07, 6.45) is 10.3. The second kappa shape index (κ2) is 9.78. The van der Waals surface area contributed by atoms with Gasteiger partial charge in [0.2, 0.25) is 5.91 Å². The minimum absolute atomic E-state index is 0.0899. The van der Waals surface area contributed by atoms with E-state index in [0.717, 1.165) is 25.2 Å². The first-order valence-electron chi connectivity index (χ1n) is 8.02. The van der Waals surface area contributed by atoms with E-state index in [1.54, 1.807) is 4.90 Å². The number of methoxy groups -OCH3 is 1. The maximum absolute atomic E-state index is 12.1. The van der Waals surface area contributed by atoms with Gasteiger partial charge in [0.15, 0.2) is 0 Å². The summed E-state index contributed by atoms with van der Waals surface area (Å²) in [5.74, 6) is 0.573. The smallest absolute Gasteiger partial charge is 0.325 e. The topological polar surface area (TPSA) is 46.6 Å². The minimum atomic E-state index is -0.334. The van der Waals surface area contributed by atoms with Gasteiger partial charge in [0.05, 0.1) is 7.11 Å². The van der Waals surface area contributed by atoms with Crippen molar-refractivity contribution in [1.82, 2.24) is 4.90 Å². The predicted molar refractivity (Wildman–Crippen MR) is 79.3 cm³/mol. The molecule has 20 heavy (non-hydrogen) atoms. The number of amides is 1. The summed E-state index contributed by atoms with van der Waals surface area (Å²) in [4.78, 5) is 25.1. The van der Waals surface area contributed by atoms with Gasteiger partial charge < -0.3 is 9.64 Å². The lowest BCUT2D eigenvalue weighted by molar-refractivity contribution is -0.147. The lowest BCUT2D eigenvalue weighted by atomic mass is 9.86. The maximum atomic E-state index is 12.1. The van der Waals surface area contributed by atoms with Crippen molar-refractivity contribution in [3.63, 3.8) is 0 Å². The van der Waals surface area contributed by atoms with Crippen molar-refractivity contribution < 1.29 is 14.3 Å². The number of esters is 1. The van der Waals surface area contributed by atoms with Gasteiger partial charge in [0, 0.05) is 13.0 Å². The fourth-order valence-corrected chi connectivity index (χ4v) is 2.96. The third-order valence-corrected chi connectivity index (χ3v) is 4.12. The van der Waals surface area contributed by atoms with E-state index in [-0.39, 0.29) is 18.4 Å². The van der Waals surface area contributed by atoms with Crippen LogP contribution in [0, 0.1) is 5.92 Å². The van der Waals surface area contributed by atoms with Gasteiger partial charge >= 0.3 is 5.97 Å². The SMILES string of the molecule is CCCN(CC(=O)OC)C(=O)CCCC1CCCCC1. The number of carbonyl (C=O) groups is 2. The first-order valence-corrected chi connectivity index (χ1v) is 8.02. The zero-order valence-electron chi connectivity index (χ0n) is 13.0. The number of nitrogens with zero attached hydrogens (tertiary/aromatic N) is 1. The molecule has 1 aliphatic rings. The fourth-order valence-electron chi connectivity index (χ4n) is 2.96. The molecule has 1 saturated carbocycles. The lowest BCUT2D eigenvalue weighted by Crippen LogP contribution is -2.36. The van der Waals surface area contributed by atoms with Crippen molar-refractivity contribution in [2.75, 3.05) is 20.2 Å². The normalized spacial score (nSPS) is 15.9. The standard InChI is InChI=1S/C16H29NO3/c1-3-12-17(13-16(19)20-2)15(18)11-7-10-14-8-5-4-6-9-14/h14H,3-13H2,1-2H3. The van der Waals surface area contributed by atoms with E-state index >= 15 is 0 Å². The zero-order chi connectivity index (χ0) is 14.8. The Morgan fingerprint density at radius 1 is 1.20 bits per heavy atom. The van der Waals surface area contributed by atoms with Crippen molar-refractivity contribution in [3.8, 4) is 0 Å². The molecular formula is C16H29NO3. The van der Waals surface area contributed by atoms with Crippen molar-refractivity contribution >= 4 is 11.9 Å². The van der Waals surface area contributed by atoms with Crippen molar-refractivity contribution in [1.29, 1.82) is 0 Å². The van der Waals surface area contributed by atoms with Gasteiger partial charge in [-0.2, -0.15) is 0 Å². The van der Waals surface area contributed by atoms with Crippen molar-refractivity contribution in [2.45, 2.75) is 64.7 Å². The summed E-state index contributed by atoms with van der Waals surface area (Å²) in [6.45, 7) is 2.74. The van der Waals surface area contributed by atoms with E-state index in [1.165, 1.54) is 39.2 Å². The molecule has 4 nitrogen and oxygen atoms in total. The largest absolute Gasteiger partial charge is 0.468 e. The molecule has 0 aromatic heterocycles. The predicted octanol–water partition coefficient (Wildman–Crippen LogP) is 3.15. The Kier molecular flexibility index (Phi) is 8.31. The summed E-state index contributed by atoms with van der Waals surface area (Å²) in [7, 11) is 1.36. The van der Waals surface area contributed by atoms with Crippen LogP contribution in [0.1, 0.15) is 64.7 Å². The first-order chi connectivity index (χ1) is 9.67. The Bertz CT molecular complexity index is 298. The van der Waals surface area contributed by atoms with E-state index in [0.29, 0.717) is 13.0 Å². The second-order valence-electron chi connectivity index (χ2n) is 5.79. The number of rotatable bonds is 8. The van der Waals surface area contributed by atoms with Crippen LogP contribution in [0.4, 0.5) is 0 Å². The van der Waals surface area contributed by atoms with Crippen molar-refractivity contribution in [2.24, 2.45) is 5.92 Å². The van der Waals surface area contributed by atoms with Crippen LogP contribution in [0.25, 0.3) is 0 Å². The molecule has 0 unspecified atom stereocenters. The number of hydrogen-bond donors (Lipinski definition) is 0. The molecule has 1 amide bonds. The highest BCUT2D eigenvalue weighted by Gasteiger charge is 2.18. The molecule has 0 aromatic rings. The van der Waals surface area contributed by atoms with E-state index < -0.39 is 0 Å². The molecular weight excluding hydrogens is 254 g/mol. The molecule has 0 aromatic carbocycles.